The van der Waals surface area contributed by atoms with Crippen molar-refractivity contribution in [2.75, 3.05) is 25.5 Å². The number of rotatable bonds is 3. The van der Waals surface area contributed by atoms with Crippen LogP contribution in [-0.4, -0.2) is 46.7 Å². The lowest BCUT2D eigenvalue weighted by molar-refractivity contribution is 0.0602. The Kier molecular flexibility index (Phi) is 4.84. The third kappa shape index (κ3) is 3.28. The van der Waals surface area contributed by atoms with Crippen LogP contribution in [0.25, 0.3) is 0 Å². The quantitative estimate of drug-likeness (QED) is 0.866. The molecule has 1 aliphatic heterocycles. The predicted molar refractivity (Wildman–Crippen MR) is 91.3 cm³/mol. The van der Waals surface area contributed by atoms with Gasteiger partial charge in [0.2, 0.25) is 0 Å². The van der Waals surface area contributed by atoms with Crippen molar-refractivity contribution in [3.8, 4) is 0 Å². The smallest absolute Gasteiger partial charge is 0.340 e. The van der Waals surface area contributed by atoms with E-state index in [4.69, 9.17) is 4.74 Å². The average molecular weight is 348 g/mol. The van der Waals surface area contributed by atoms with Gasteiger partial charge in [-0.15, -0.1) is 11.3 Å². The number of aromatic nitrogens is 2. The summed E-state index contributed by atoms with van der Waals surface area (Å²) in [7, 11) is 1.33. The van der Waals surface area contributed by atoms with E-state index in [0.29, 0.717) is 30.3 Å². The van der Waals surface area contributed by atoms with Gasteiger partial charge in [0, 0.05) is 36.2 Å². The van der Waals surface area contributed by atoms with Crippen LogP contribution in [0.5, 0.6) is 0 Å². The monoisotopic (exact) mass is 348 g/mol. The lowest BCUT2D eigenvalue weighted by Gasteiger charge is -2.37. The van der Waals surface area contributed by atoms with E-state index >= 15 is 0 Å². The van der Waals surface area contributed by atoms with E-state index < -0.39 is 5.97 Å². The standard InChI is InChI=1S/C16H20N4O3S/c1-11-3-5-19(7-14(11)20-6-4-17-10-20)16(22)18-13-9-24-8-12(13)15(21)23-2/h4,6,8-11,14H,3,5,7H2,1-2H3,(H,18,22)/t11-,14-/m0/s1. The highest BCUT2D eigenvalue weighted by atomic mass is 32.1. The number of amides is 2. The normalized spacial score (nSPS) is 20.7. The van der Waals surface area contributed by atoms with E-state index in [0.717, 1.165) is 6.42 Å². The van der Waals surface area contributed by atoms with Crippen molar-refractivity contribution in [1.82, 2.24) is 14.5 Å². The van der Waals surface area contributed by atoms with Gasteiger partial charge in [0.15, 0.2) is 0 Å². The summed E-state index contributed by atoms with van der Waals surface area (Å²) in [6, 6.07) is 0.00474. The number of thiophene rings is 1. The van der Waals surface area contributed by atoms with Crippen LogP contribution >= 0.6 is 11.3 Å². The molecule has 1 fully saturated rings. The van der Waals surface area contributed by atoms with Crippen LogP contribution in [-0.2, 0) is 4.74 Å². The number of nitrogens with zero attached hydrogens (tertiary/aromatic N) is 3. The average Bonchev–Trinajstić information content (AvgIpc) is 3.26. The molecule has 2 aromatic heterocycles. The molecule has 3 rings (SSSR count). The van der Waals surface area contributed by atoms with Gasteiger partial charge < -0.3 is 19.5 Å². The van der Waals surface area contributed by atoms with Crippen LogP contribution in [0.1, 0.15) is 29.7 Å². The molecule has 0 aromatic carbocycles. The molecule has 1 N–H and O–H groups in total. The van der Waals surface area contributed by atoms with E-state index in [1.807, 2.05) is 6.20 Å². The van der Waals surface area contributed by atoms with Crippen molar-refractivity contribution >= 4 is 29.0 Å². The molecule has 0 spiro atoms. The fourth-order valence-corrected chi connectivity index (χ4v) is 3.69. The van der Waals surface area contributed by atoms with E-state index in [1.54, 1.807) is 28.2 Å². The Balaban J connectivity index is 1.69. The van der Waals surface area contributed by atoms with Crippen LogP contribution in [0, 0.1) is 5.92 Å². The topological polar surface area (TPSA) is 76.5 Å². The first-order valence-electron chi connectivity index (χ1n) is 7.78. The van der Waals surface area contributed by atoms with E-state index in [-0.39, 0.29) is 12.1 Å². The summed E-state index contributed by atoms with van der Waals surface area (Å²) in [6.07, 6.45) is 6.39. The Morgan fingerprint density at radius 3 is 2.96 bits per heavy atom. The molecule has 0 saturated carbocycles. The Hall–Kier alpha value is -2.35. The lowest BCUT2D eigenvalue weighted by atomic mass is 9.93. The van der Waals surface area contributed by atoms with Crippen LogP contribution in [0.4, 0.5) is 10.5 Å². The van der Waals surface area contributed by atoms with Gasteiger partial charge in [0.25, 0.3) is 0 Å². The number of hydrogen-bond donors (Lipinski definition) is 1. The van der Waals surface area contributed by atoms with Gasteiger partial charge in [0.1, 0.15) is 0 Å². The number of esters is 1. The maximum absolute atomic E-state index is 12.6. The summed E-state index contributed by atoms with van der Waals surface area (Å²) in [5.41, 5.74) is 0.877. The number of anilines is 1. The zero-order valence-corrected chi connectivity index (χ0v) is 14.5. The van der Waals surface area contributed by atoms with Crippen molar-refractivity contribution in [1.29, 1.82) is 0 Å². The third-order valence-electron chi connectivity index (χ3n) is 4.42. The number of ether oxygens (including phenoxy) is 1. The first-order chi connectivity index (χ1) is 11.6. The highest BCUT2D eigenvalue weighted by Crippen LogP contribution is 2.28. The summed E-state index contributed by atoms with van der Waals surface area (Å²) in [6.45, 7) is 3.49. The van der Waals surface area contributed by atoms with Gasteiger partial charge >= 0.3 is 12.0 Å². The van der Waals surface area contributed by atoms with Crippen molar-refractivity contribution < 1.29 is 14.3 Å². The second kappa shape index (κ2) is 7.04. The molecule has 0 aliphatic carbocycles. The fraction of sp³-hybridized carbons (Fsp3) is 0.438. The molecular weight excluding hydrogens is 328 g/mol. The number of carbonyl (C=O) groups is 2. The number of hydrogen-bond acceptors (Lipinski definition) is 5. The zero-order valence-electron chi connectivity index (χ0n) is 13.6. The minimum atomic E-state index is -0.449. The van der Waals surface area contributed by atoms with Gasteiger partial charge in [-0.1, -0.05) is 6.92 Å². The summed E-state index contributed by atoms with van der Waals surface area (Å²) in [5, 5.41) is 6.24. The Morgan fingerprint density at radius 1 is 1.42 bits per heavy atom. The van der Waals surface area contributed by atoms with E-state index in [2.05, 4.69) is 21.8 Å². The molecule has 7 nitrogen and oxygen atoms in total. The number of likely N-dealkylation sites (tertiary alicyclic amines) is 1. The minimum Gasteiger partial charge on any atom is -0.465 e. The second-order valence-electron chi connectivity index (χ2n) is 5.91. The molecule has 1 aliphatic rings. The molecule has 1 saturated heterocycles. The van der Waals surface area contributed by atoms with Crippen molar-refractivity contribution in [2.24, 2.45) is 5.92 Å². The van der Waals surface area contributed by atoms with Crippen LogP contribution < -0.4 is 5.32 Å². The third-order valence-corrected chi connectivity index (χ3v) is 5.17. The highest BCUT2D eigenvalue weighted by Gasteiger charge is 2.30. The number of urea groups is 1. The minimum absolute atomic E-state index is 0.199. The molecule has 8 heteroatoms. The largest absolute Gasteiger partial charge is 0.465 e. The van der Waals surface area contributed by atoms with Gasteiger partial charge in [-0.3, -0.25) is 0 Å². The lowest BCUT2D eigenvalue weighted by Crippen LogP contribution is -2.45. The molecule has 3 heterocycles. The van der Waals surface area contributed by atoms with E-state index in [1.165, 1.54) is 18.4 Å². The van der Waals surface area contributed by atoms with Crippen molar-refractivity contribution in [3.05, 3.63) is 35.0 Å². The Bertz CT molecular complexity index is 713. The highest BCUT2D eigenvalue weighted by molar-refractivity contribution is 7.08. The molecule has 128 valence electrons. The van der Waals surface area contributed by atoms with Crippen LogP contribution in [0.15, 0.2) is 29.5 Å². The maximum atomic E-state index is 12.6. The Labute approximate surface area is 144 Å². The predicted octanol–water partition coefficient (Wildman–Crippen LogP) is 2.85. The number of imidazole rings is 1. The fourth-order valence-electron chi connectivity index (χ4n) is 2.94. The molecule has 0 bridgehead atoms. The zero-order chi connectivity index (χ0) is 17.1. The van der Waals surface area contributed by atoms with Gasteiger partial charge in [-0.05, 0) is 12.3 Å². The number of nitrogens with one attached hydrogen (secondary N) is 1. The van der Waals surface area contributed by atoms with Crippen molar-refractivity contribution in [2.45, 2.75) is 19.4 Å². The number of methoxy groups -OCH3 is 1. The second-order valence-corrected chi connectivity index (χ2v) is 6.65. The Morgan fingerprint density at radius 2 is 2.25 bits per heavy atom. The molecular formula is C16H20N4O3S. The molecule has 2 amide bonds. The van der Waals surface area contributed by atoms with Crippen LogP contribution in [0.3, 0.4) is 0 Å². The summed E-state index contributed by atoms with van der Waals surface area (Å²) >= 11 is 1.35. The molecule has 24 heavy (non-hydrogen) atoms. The summed E-state index contributed by atoms with van der Waals surface area (Å²) < 4.78 is 6.79. The van der Waals surface area contributed by atoms with Gasteiger partial charge in [0.05, 0.1) is 30.7 Å². The summed E-state index contributed by atoms with van der Waals surface area (Å²) in [5.74, 6) is 0.0186. The van der Waals surface area contributed by atoms with Crippen LogP contribution in [0.2, 0.25) is 0 Å². The first-order valence-corrected chi connectivity index (χ1v) is 8.72. The molecule has 0 radical (unpaired) electrons. The first kappa shape index (κ1) is 16.5. The number of piperidine rings is 1. The van der Waals surface area contributed by atoms with Gasteiger partial charge in [-0.25, -0.2) is 14.6 Å². The van der Waals surface area contributed by atoms with Gasteiger partial charge in [-0.2, -0.15) is 0 Å². The van der Waals surface area contributed by atoms with E-state index in [9.17, 15) is 9.59 Å². The molecule has 0 unspecified atom stereocenters. The maximum Gasteiger partial charge on any atom is 0.340 e. The SMILES string of the molecule is COC(=O)c1cscc1NC(=O)N1CC[C@H](C)[C@@H](n2ccnc2)C1. The summed E-state index contributed by atoms with van der Waals surface area (Å²) in [4.78, 5) is 30.2. The molecule has 2 aromatic rings. The van der Waals surface area contributed by atoms with Crippen molar-refractivity contribution in [3.63, 3.8) is 0 Å². The number of carbonyl (C=O) groups excluding carboxylic acids is 2. The molecule has 2 atom stereocenters.